The molecule has 1 unspecified atom stereocenters. The SMILES string of the molecule is COc1ccc(CC(=O)N2CCCC(Oc3nccnc3OC)C2)cc1. The molecular weight excluding hydrogens is 334 g/mol. The van der Waals surface area contributed by atoms with Crippen molar-refractivity contribution in [3.05, 3.63) is 42.2 Å². The van der Waals surface area contributed by atoms with Crippen LogP contribution in [-0.4, -0.2) is 54.2 Å². The molecule has 0 radical (unpaired) electrons. The van der Waals surface area contributed by atoms with Crippen LogP contribution in [0.25, 0.3) is 0 Å². The van der Waals surface area contributed by atoms with Crippen LogP contribution in [0.5, 0.6) is 17.5 Å². The van der Waals surface area contributed by atoms with Crippen molar-refractivity contribution < 1.29 is 19.0 Å². The molecule has 7 nitrogen and oxygen atoms in total. The molecule has 0 bridgehead atoms. The van der Waals surface area contributed by atoms with Crippen molar-refractivity contribution in [3.63, 3.8) is 0 Å². The first-order chi connectivity index (χ1) is 12.7. The number of hydrogen-bond acceptors (Lipinski definition) is 6. The number of piperidine rings is 1. The number of rotatable bonds is 6. The van der Waals surface area contributed by atoms with Gasteiger partial charge in [-0.15, -0.1) is 0 Å². The van der Waals surface area contributed by atoms with E-state index in [-0.39, 0.29) is 12.0 Å². The molecule has 0 spiro atoms. The largest absolute Gasteiger partial charge is 0.497 e. The lowest BCUT2D eigenvalue weighted by Crippen LogP contribution is -2.45. The summed E-state index contributed by atoms with van der Waals surface area (Å²) in [5.74, 6) is 1.60. The molecular formula is C19H23N3O4. The van der Waals surface area contributed by atoms with Gasteiger partial charge < -0.3 is 19.1 Å². The van der Waals surface area contributed by atoms with Crippen LogP contribution in [0.15, 0.2) is 36.7 Å². The number of amides is 1. The Bertz CT molecular complexity index is 736. The maximum atomic E-state index is 12.6. The monoisotopic (exact) mass is 357 g/mol. The molecule has 1 aliphatic heterocycles. The molecule has 26 heavy (non-hydrogen) atoms. The number of benzene rings is 1. The third kappa shape index (κ3) is 4.41. The first-order valence-corrected chi connectivity index (χ1v) is 8.62. The Labute approximate surface area is 152 Å². The molecule has 2 heterocycles. The highest BCUT2D eigenvalue weighted by Crippen LogP contribution is 2.24. The van der Waals surface area contributed by atoms with E-state index in [1.807, 2.05) is 29.2 Å². The van der Waals surface area contributed by atoms with E-state index in [4.69, 9.17) is 14.2 Å². The van der Waals surface area contributed by atoms with Gasteiger partial charge in [0.25, 0.3) is 11.8 Å². The second-order valence-electron chi connectivity index (χ2n) is 6.12. The number of nitrogens with zero attached hydrogens (tertiary/aromatic N) is 3. The summed E-state index contributed by atoms with van der Waals surface area (Å²) in [5, 5.41) is 0. The molecule has 1 aromatic carbocycles. The number of ether oxygens (including phenoxy) is 3. The van der Waals surface area contributed by atoms with Crippen molar-refractivity contribution in [2.45, 2.75) is 25.4 Å². The molecule has 3 rings (SSSR count). The minimum Gasteiger partial charge on any atom is -0.497 e. The Morgan fingerprint density at radius 1 is 1.12 bits per heavy atom. The average Bonchev–Trinajstić information content (AvgIpc) is 2.69. The van der Waals surface area contributed by atoms with Gasteiger partial charge in [0.05, 0.1) is 27.2 Å². The number of methoxy groups -OCH3 is 2. The number of hydrogen-bond donors (Lipinski definition) is 0. The van der Waals surface area contributed by atoms with Crippen molar-refractivity contribution in [3.8, 4) is 17.5 Å². The van der Waals surface area contributed by atoms with Crippen molar-refractivity contribution in [2.24, 2.45) is 0 Å². The second kappa shape index (κ2) is 8.51. The Hall–Kier alpha value is -2.83. The average molecular weight is 357 g/mol. The molecule has 2 aromatic rings. The molecule has 1 aromatic heterocycles. The van der Waals surface area contributed by atoms with Crippen molar-refractivity contribution in [1.29, 1.82) is 0 Å². The zero-order valence-electron chi connectivity index (χ0n) is 15.1. The summed E-state index contributed by atoms with van der Waals surface area (Å²) in [4.78, 5) is 22.7. The molecule has 7 heteroatoms. The van der Waals surface area contributed by atoms with Gasteiger partial charge in [0, 0.05) is 18.9 Å². The van der Waals surface area contributed by atoms with E-state index >= 15 is 0 Å². The molecule has 1 aliphatic rings. The zero-order chi connectivity index (χ0) is 18.4. The summed E-state index contributed by atoms with van der Waals surface area (Å²) in [6, 6.07) is 7.56. The summed E-state index contributed by atoms with van der Waals surface area (Å²) in [5.41, 5.74) is 0.967. The van der Waals surface area contributed by atoms with Gasteiger partial charge in [0.1, 0.15) is 11.9 Å². The molecule has 0 saturated carbocycles. The summed E-state index contributed by atoms with van der Waals surface area (Å²) in [6.45, 7) is 1.28. The minimum atomic E-state index is -0.117. The highest BCUT2D eigenvalue weighted by Gasteiger charge is 2.26. The van der Waals surface area contributed by atoms with Gasteiger partial charge in [-0.3, -0.25) is 4.79 Å². The number of carbonyl (C=O) groups is 1. The predicted molar refractivity (Wildman–Crippen MR) is 95.5 cm³/mol. The maximum Gasteiger partial charge on any atom is 0.278 e. The van der Waals surface area contributed by atoms with E-state index in [0.29, 0.717) is 24.7 Å². The van der Waals surface area contributed by atoms with Crippen LogP contribution >= 0.6 is 0 Å². The summed E-state index contributed by atoms with van der Waals surface area (Å²) in [7, 11) is 3.16. The lowest BCUT2D eigenvalue weighted by molar-refractivity contribution is -0.133. The molecule has 1 amide bonds. The van der Waals surface area contributed by atoms with Gasteiger partial charge in [0.2, 0.25) is 5.91 Å². The van der Waals surface area contributed by atoms with E-state index < -0.39 is 0 Å². The highest BCUT2D eigenvalue weighted by molar-refractivity contribution is 5.79. The van der Waals surface area contributed by atoms with E-state index in [0.717, 1.165) is 30.7 Å². The zero-order valence-corrected chi connectivity index (χ0v) is 15.1. The van der Waals surface area contributed by atoms with Gasteiger partial charge in [-0.2, -0.15) is 0 Å². The highest BCUT2D eigenvalue weighted by atomic mass is 16.5. The summed E-state index contributed by atoms with van der Waals surface area (Å²) >= 11 is 0. The maximum absolute atomic E-state index is 12.6. The van der Waals surface area contributed by atoms with E-state index in [1.165, 1.54) is 7.11 Å². The fraction of sp³-hybridized carbons (Fsp3) is 0.421. The van der Waals surface area contributed by atoms with Crippen LogP contribution in [0, 0.1) is 0 Å². The third-order valence-electron chi connectivity index (χ3n) is 4.35. The Kier molecular flexibility index (Phi) is 5.88. The lowest BCUT2D eigenvalue weighted by atomic mass is 10.1. The Balaban J connectivity index is 1.59. The number of likely N-dealkylation sites (tertiary alicyclic amines) is 1. The first-order valence-electron chi connectivity index (χ1n) is 8.62. The molecule has 1 fully saturated rings. The van der Waals surface area contributed by atoms with Gasteiger partial charge >= 0.3 is 0 Å². The van der Waals surface area contributed by atoms with Gasteiger partial charge in [-0.1, -0.05) is 12.1 Å². The Morgan fingerprint density at radius 2 is 1.85 bits per heavy atom. The second-order valence-corrected chi connectivity index (χ2v) is 6.12. The quantitative estimate of drug-likeness (QED) is 0.788. The summed E-state index contributed by atoms with van der Waals surface area (Å²) in [6.07, 6.45) is 5.12. The standard InChI is InChI=1S/C19H23N3O4/c1-24-15-7-5-14(6-8-15)12-17(23)22-11-3-4-16(13-22)26-19-18(25-2)20-9-10-21-19/h5-10,16H,3-4,11-13H2,1-2H3. The van der Waals surface area contributed by atoms with E-state index in [1.54, 1.807) is 19.5 Å². The molecule has 0 N–H and O–H groups in total. The van der Waals surface area contributed by atoms with Gasteiger partial charge in [-0.05, 0) is 30.5 Å². The number of carbonyl (C=O) groups excluding carboxylic acids is 1. The first kappa shape index (κ1) is 18.0. The normalized spacial score (nSPS) is 16.8. The molecule has 0 aliphatic carbocycles. The van der Waals surface area contributed by atoms with Crippen molar-refractivity contribution in [2.75, 3.05) is 27.3 Å². The Morgan fingerprint density at radius 3 is 2.54 bits per heavy atom. The third-order valence-corrected chi connectivity index (χ3v) is 4.35. The fourth-order valence-electron chi connectivity index (χ4n) is 2.98. The fourth-order valence-corrected chi connectivity index (χ4v) is 2.98. The van der Waals surface area contributed by atoms with Crippen molar-refractivity contribution in [1.82, 2.24) is 14.9 Å². The molecule has 1 saturated heterocycles. The van der Waals surface area contributed by atoms with Crippen LogP contribution < -0.4 is 14.2 Å². The van der Waals surface area contributed by atoms with Crippen LogP contribution in [-0.2, 0) is 11.2 Å². The lowest BCUT2D eigenvalue weighted by Gasteiger charge is -2.32. The van der Waals surface area contributed by atoms with Crippen molar-refractivity contribution >= 4 is 5.91 Å². The molecule has 1 atom stereocenters. The van der Waals surface area contributed by atoms with Gasteiger partial charge in [-0.25, -0.2) is 9.97 Å². The number of aromatic nitrogens is 2. The van der Waals surface area contributed by atoms with Crippen LogP contribution in [0.3, 0.4) is 0 Å². The van der Waals surface area contributed by atoms with E-state index in [2.05, 4.69) is 9.97 Å². The van der Waals surface area contributed by atoms with Crippen LogP contribution in [0.1, 0.15) is 18.4 Å². The summed E-state index contributed by atoms with van der Waals surface area (Å²) < 4.78 is 16.2. The van der Waals surface area contributed by atoms with Crippen LogP contribution in [0.4, 0.5) is 0 Å². The van der Waals surface area contributed by atoms with Crippen LogP contribution in [0.2, 0.25) is 0 Å². The smallest absolute Gasteiger partial charge is 0.278 e. The predicted octanol–water partition coefficient (Wildman–Crippen LogP) is 2.11. The molecule has 138 valence electrons. The minimum absolute atomic E-state index is 0.0922. The van der Waals surface area contributed by atoms with Gasteiger partial charge in [0.15, 0.2) is 0 Å². The topological polar surface area (TPSA) is 73.8 Å². The van der Waals surface area contributed by atoms with E-state index in [9.17, 15) is 4.79 Å².